The van der Waals surface area contributed by atoms with Crippen molar-refractivity contribution < 1.29 is 10.2 Å². The zero-order valence-electron chi connectivity index (χ0n) is 14.3. The van der Waals surface area contributed by atoms with Gasteiger partial charge < -0.3 is 15.9 Å². The van der Waals surface area contributed by atoms with Crippen LogP contribution in [0.25, 0.3) is 10.4 Å². The van der Waals surface area contributed by atoms with Crippen LogP contribution in [0.15, 0.2) is 24.4 Å². The van der Waals surface area contributed by atoms with E-state index in [0.29, 0.717) is 5.92 Å². The summed E-state index contributed by atoms with van der Waals surface area (Å²) in [4.78, 5) is 5.67. The van der Waals surface area contributed by atoms with E-state index in [4.69, 9.17) is 5.73 Å². The summed E-state index contributed by atoms with van der Waals surface area (Å²) in [7, 11) is 0. The molecule has 0 spiro atoms. The number of hydrogen-bond acceptors (Lipinski definition) is 5. The normalized spacial score (nSPS) is 25.6. The molecule has 1 aromatic carbocycles. The van der Waals surface area contributed by atoms with Crippen molar-refractivity contribution in [3.63, 3.8) is 0 Å². The Morgan fingerprint density at radius 3 is 2.67 bits per heavy atom. The average Bonchev–Trinajstić information content (AvgIpc) is 2.98. The molecular weight excluding hydrogens is 320 g/mol. The number of nitrogens with two attached hydrogens (primary N) is 1. The number of hydrogen-bond donors (Lipinski definition) is 3. The molecule has 4 N–H and O–H groups in total. The molecule has 4 nitrogen and oxygen atoms in total. The van der Waals surface area contributed by atoms with E-state index in [1.165, 1.54) is 0 Å². The van der Waals surface area contributed by atoms with Crippen molar-refractivity contribution >= 4 is 17.0 Å². The van der Waals surface area contributed by atoms with E-state index in [-0.39, 0.29) is 12.5 Å². The molecule has 5 heteroatoms. The molecule has 1 saturated carbocycles. The standard InChI is InChI=1S/C19H26N2O2S/c1-12-7-14(9-15(20)8-12)17-10-21-18(24-17)16(11-22)13-3-5-19(2,23)6-4-13/h7-10,13,16,22-23H,3-6,11,20H2,1-2H3. The first-order valence-electron chi connectivity index (χ1n) is 8.54. The summed E-state index contributed by atoms with van der Waals surface area (Å²) in [6.07, 6.45) is 5.34. The number of rotatable bonds is 4. The molecule has 1 aliphatic rings. The van der Waals surface area contributed by atoms with Gasteiger partial charge in [-0.1, -0.05) is 6.07 Å². The van der Waals surface area contributed by atoms with Crippen LogP contribution in [0.2, 0.25) is 0 Å². The van der Waals surface area contributed by atoms with Crippen molar-refractivity contribution in [3.8, 4) is 10.4 Å². The Bertz CT molecular complexity index is 681. The Morgan fingerprint density at radius 1 is 1.33 bits per heavy atom. The first-order valence-corrected chi connectivity index (χ1v) is 9.36. The Labute approximate surface area is 147 Å². The lowest BCUT2D eigenvalue weighted by Gasteiger charge is -2.35. The lowest BCUT2D eigenvalue weighted by molar-refractivity contribution is 0.000973. The summed E-state index contributed by atoms with van der Waals surface area (Å²) in [6, 6.07) is 6.03. The fourth-order valence-electron chi connectivity index (χ4n) is 3.64. The van der Waals surface area contributed by atoms with Gasteiger partial charge in [0.15, 0.2) is 0 Å². The van der Waals surface area contributed by atoms with Gasteiger partial charge in [-0.15, -0.1) is 11.3 Å². The van der Waals surface area contributed by atoms with Crippen molar-refractivity contribution in [1.29, 1.82) is 0 Å². The van der Waals surface area contributed by atoms with E-state index in [0.717, 1.165) is 52.4 Å². The summed E-state index contributed by atoms with van der Waals surface area (Å²) < 4.78 is 0. The van der Waals surface area contributed by atoms with Crippen molar-refractivity contribution in [1.82, 2.24) is 4.98 Å². The molecular formula is C19H26N2O2S. The molecule has 1 unspecified atom stereocenters. The fourth-order valence-corrected chi connectivity index (χ4v) is 4.73. The summed E-state index contributed by atoms with van der Waals surface area (Å²) >= 11 is 1.64. The number of aliphatic hydroxyl groups is 2. The molecule has 1 aromatic heterocycles. The lowest BCUT2D eigenvalue weighted by Crippen LogP contribution is -2.33. The van der Waals surface area contributed by atoms with E-state index >= 15 is 0 Å². The van der Waals surface area contributed by atoms with Gasteiger partial charge in [-0.05, 0) is 68.7 Å². The van der Waals surface area contributed by atoms with Crippen molar-refractivity contribution in [2.75, 3.05) is 12.3 Å². The Hall–Kier alpha value is -1.43. The van der Waals surface area contributed by atoms with Crippen LogP contribution in [0, 0.1) is 12.8 Å². The maximum atomic E-state index is 10.1. The Balaban J connectivity index is 1.80. The van der Waals surface area contributed by atoms with Crippen molar-refractivity contribution in [2.24, 2.45) is 5.92 Å². The van der Waals surface area contributed by atoms with Crippen molar-refractivity contribution in [3.05, 3.63) is 35.0 Å². The molecule has 1 atom stereocenters. The summed E-state index contributed by atoms with van der Waals surface area (Å²) in [6.45, 7) is 4.04. The minimum Gasteiger partial charge on any atom is -0.399 e. The molecule has 3 rings (SSSR count). The number of nitrogen functional groups attached to an aromatic ring is 1. The Kier molecular flexibility index (Phi) is 4.95. The summed E-state index contributed by atoms with van der Waals surface area (Å²) in [5, 5.41) is 21.0. The second-order valence-electron chi connectivity index (χ2n) is 7.32. The number of nitrogens with zero attached hydrogens (tertiary/aromatic N) is 1. The third kappa shape index (κ3) is 3.79. The molecule has 1 fully saturated rings. The van der Waals surface area contributed by atoms with Crippen LogP contribution in [-0.2, 0) is 0 Å². The SMILES string of the molecule is Cc1cc(N)cc(-c2cnc(C(CO)C3CCC(C)(O)CC3)s2)c1. The van der Waals surface area contributed by atoms with E-state index in [1.807, 2.05) is 32.2 Å². The first-order chi connectivity index (χ1) is 11.4. The number of benzene rings is 1. The molecule has 0 radical (unpaired) electrons. The third-order valence-electron chi connectivity index (χ3n) is 5.10. The molecule has 1 aliphatic carbocycles. The van der Waals surface area contributed by atoms with Gasteiger partial charge in [0.2, 0.25) is 0 Å². The van der Waals surface area contributed by atoms with Gasteiger partial charge >= 0.3 is 0 Å². The largest absolute Gasteiger partial charge is 0.399 e. The van der Waals surface area contributed by atoms with E-state index < -0.39 is 5.60 Å². The van der Waals surface area contributed by atoms with Crippen LogP contribution in [0.1, 0.15) is 49.1 Å². The quantitative estimate of drug-likeness (QED) is 0.737. The number of aromatic nitrogens is 1. The van der Waals surface area contributed by atoms with Crippen LogP contribution in [0.4, 0.5) is 5.69 Å². The molecule has 0 saturated heterocycles. The second kappa shape index (κ2) is 6.82. The molecule has 1 heterocycles. The van der Waals surface area contributed by atoms with Crippen LogP contribution in [0.3, 0.4) is 0 Å². The smallest absolute Gasteiger partial charge is 0.0987 e. The van der Waals surface area contributed by atoms with Crippen molar-refractivity contribution in [2.45, 2.75) is 51.0 Å². The van der Waals surface area contributed by atoms with Crippen LogP contribution in [-0.4, -0.2) is 27.4 Å². The molecule has 0 aliphatic heterocycles. The molecule has 24 heavy (non-hydrogen) atoms. The minimum absolute atomic E-state index is 0.0574. The van der Waals surface area contributed by atoms with Crippen LogP contribution in [0.5, 0.6) is 0 Å². The Morgan fingerprint density at radius 2 is 2.04 bits per heavy atom. The number of aryl methyl sites for hydroxylation is 1. The molecule has 0 bridgehead atoms. The monoisotopic (exact) mass is 346 g/mol. The highest BCUT2D eigenvalue weighted by molar-refractivity contribution is 7.15. The number of thiazole rings is 1. The highest BCUT2D eigenvalue weighted by Gasteiger charge is 2.34. The third-order valence-corrected chi connectivity index (χ3v) is 6.28. The zero-order valence-corrected chi connectivity index (χ0v) is 15.1. The van der Waals surface area contributed by atoms with E-state index in [1.54, 1.807) is 11.3 Å². The van der Waals surface area contributed by atoms with Gasteiger partial charge in [0.1, 0.15) is 0 Å². The minimum atomic E-state index is -0.552. The van der Waals surface area contributed by atoms with Gasteiger partial charge in [0.05, 0.1) is 22.1 Å². The topological polar surface area (TPSA) is 79.4 Å². The molecule has 2 aromatic rings. The lowest BCUT2D eigenvalue weighted by atomic mass is 9.75. The van der Waals surface area contributed by atoms with E-state index in [9.17, 15) is 10.2 Å². The predicted molar refractivity (Wildman–Crippen MR) is 99.1 cm³/mol. The van der Waals surface area contributed by atoms with Gasteiger partial charge in [-0.3, -0.25) is 0 Å². The maximum Gasteiger partial charge on any atom is 0.0987 e. The highest BCUT2D eigenvalue weighted by atomic mass is 32.1. The maximum absolute atomic E-state index is 10.1. The summed E-state index contributed by atoms with van der Waals surface area (Å²) in [5.41, 5.74) is 8.37. The highest BCUT2D eigenvalue weighted by Crippen LogP contribution is 2.41. The number of anilines is 1. The molecule has 130 valence electrons. The first kappa shape index (κ1) is 17.4. The van der Waals surface area contributed by atoms with Gasteiger partial charge in [0.25, 0.3) is 0 Å². The van der Waals surface area contributed by atoms with Gasteiger partial charge in [0, 0.05) is 17.8 Å². The van der Waals surface area contributed by atoms with E-state index in [2.05, 4.69) is 11.1 Å². The fraction of sp³-hybridized carbons (Fsp3) is 0.526. The predicted octanol–water partition coefficient (Wildman–Crippen LogP) is 3.72. The molecule has 0 amide bonds. The average molecular weight is 346 g/mol. The van der Waals surface area contributed by atoms with Crippen LogP contribution >= 0.6 is 11.3 Å². The number of aliphatic hydroxyl groups excluding tert-OH is 1. The zero-order chi connectivity index (χ0) is 17.3. The van der Waals surface area contributed by atoms with Crippen LogP contribution < -0.4 is 5.73 Å². The summed E-state index contributed by atoms with van der Waals surface area (Å²) in [5.74, 6) is 0.443. The van der Waals surface area contributed by atoms with Gasteiger partial charge in [-0.25, -0.2) is 4.98 Å². The second-order valence-corrected chi connectivity index (χ2v) is 8.38. The van der Waals surface area contributed by atoms with Gasteiger partial charge in [-0.2, -0.15) is 0 Å².